The molecule has 2 atom stereocenters. The number of aliphatic hydroxyl groups excluding tert-OH is 1. The van der Waals surface area contributed by atoms with Crippen LogP contribution in [-0.2, 0) is 4.79 Å². The molecule has 0 bridgehead atoms. The predicted molar refractivity (Wildman–Crippen MR) is 63.5 cm³/mol. The predicted octanol–water partition coefficient (Wildman–Crippen LogP) is 0.398. The van der Waals surface area contributed by atoms with E-state index in [0.717, 1.165) is 12.1 Å². The fourth-order valence-corrected chi connectivity index (χ4v) is 1.41. The number of carbonyl (C=O) groups excluding carboxylic acids is 1. The molecule has 104 valence electrons. The standard InChI is InChI=1S/C12H14FNO5/c1-6(15)10(12(17)18)14-11(16)7-3-4-8(13)9(5-7)19-2/h3-6,10,15H,1-2H3,(H,14,16)(H,17,18)/t6-,10+/m1/s1. The number of carboxylic acid groups (broad SMARTS) is 1. The summed E-state index contributed by atoms with van der Waals surface area (Å²) in [4.78, 5) is 22.6. The fraction of sp³-hybridized carbons (Fsp3) is 0.333. The zero-order valence-corrected chi connectivity index (χ0v) is 10.4. The Morgan fingerprint density at radius 1 is 1.42 bits per heavy atom. The topological polar surface area (TPSA) is 95.9 Å². The lowest BCUT2D eigenvalue weighted by molar-refractivity contribution is -0.141. The Hall–Kier alpha value is -2.15. The highest BCUT2D eigenvalue weighted by atomic mass is 19.1. The van der Waals surface area contributed by atoms with Crippen LogP contribution in [0.1, 0.15) is 17.3 Å². The maximum absolute atomic E-state index is 13.2. The first-order chi connectivity index (χ1) is 8.86. The minimum absolute atomic E-state index is 0.0325. The monoisotopic (exact) mass is 271 g/mol. The summed E-state index contributed by atoms with van der Waals surface area (Å²) in [6.07, 6.45) is -1.26. The average Bonchev–Trinajstić information content (AvgIpc) is 2.35. The van der Waals surface area contributed by atoms with Gasteiger partial charge in [-0.3, -0.25) is 4.79 Å². The summed E-state index contributed by atoms with van der Waals surface area (Å²) >= 11 is 0. The van der Waals surface area contributed by atoms with Gasteiger partial charge < -0.3 is 20.3 Å². The first-order valence-electron chi connectivity index (χ1n) is 5.42. The number of methoxy groups -OCH3 is 1. The molecule has 6 nitrogen and oxygen atoms in total. The van der Waals surface area contributed by atoms with E-state index in [1.807, 2.05) is 0 Å². The number of halogens is 1. The molecule has 7 heteroatoms. The molecule has 0 saturated carbocycles. The number of benzene rings is 1. The highest BCUT2D eigenvalue weighted by molar-refractivity contribution is 5.97. The van der Waals surface area contributed by atoms with Crippen molar-refractivity contribution in [3.8, 4) is 5.75 Å². The number of amides is 1. The molecule has 0 radical (unpaired) electrons. The second-order valence-electron chi connectivity index (χ2n) is 3.88. The van der Waals surface area contributed by atoms with Gasteiger partial charge in [-0.15, -0.1) is 0 Å². The van der Waals surface area contributed by atoms with Crippen molar-refractivity contribution in [1.29, 1.82) is 0 Å². The molecule has 0 aliphatic heterocycles. The minimum Gasteiger partial charge on any atom is -0.494 e. The normalized spacial score (nSPS) is 13.5. The van der Waals surface area contributed by atoms with E-state index in [-0.39, 0.29) is 11.3 Å². The summed E-state index contributed by atoms with van der Waals surface area (Å²) in [5.74, 6) is -2.87. The number of ether oxygens (including phenoxy) is 1. The Morgan fingerprint density at radius 3 is 2.53 bits per heavy atom. The SMILES string of the molecule is COc1cc(C(=O)N[C@H](C(=O)O)[C@@H](C)O)ccc1F. The summed E-state index contributed by atoms with van der Waals surface area (Å²) < 4.78 is 17.9. The Balaban J connectivity index is 2.91. The van der Waals surface area contributed by atoms with Crippen molar-refractivity contribution in [1.82, 2.24) is 5.32 Å². The van der Waals surface area contributed by atoms with E-state index in [4.69, 9.17) is 9.84 Å². The number of aliphatic hydroxyl groups is 1. The second kappa shape index (κ2) is 6.14. The van der Waals surface area contributed by atoms with Crippen LogP contribution in [0.3, 0.4) is 0 Å². The molecule has 3 N–H and O–H groups in total. The van der Waals surface area contributed by atoms with Gasteiger partial charge in [0.05, 0.1) is 13.2 Å². The van der Waals surface area contributed by atoms with Crippen LogP contribution in [-0.4, -0.2) is 41.3 Å². The van der Waals surface area contributed by atoms with Crippen molar-refractivity contribution < 1.29 is 28.9 Å². The molecule has 1 rings (SSSR count). The number of hydrogen-bond donors (Lipinski definition) is 3. The van der Waals surface area contributed by atoms with Crippen molar-refractivity contribution in [3.05, 3.63) is 29.6 Å². The number of carboxylic acids is 1. The van der Waals surface area contributed by atoms with E-state index in [2.05, 4.69) is 5.32 Å². The van der Waals surface area contributed by atoms with Crippen LogP contribution in [0.15, 0.2) is 18.2 Å². The summed E-state index contributed by atoms with van der Waals surface area (Å²) in [7, 11) is 1.25. The summed E-state index contributed by atoms with van der Waals surface area (Å²) in [6, 6.07) is 1.93. The first kappa shape index (κ1) is 14.9. The van der Waals surface area contributed by atoms with Crippen LogP contribution < -0.4 is 10.1 Å². The lowest BCUT2D eigenvalue weighted by Crippen LogP contribution is -2.47. The van der Waals surface area contributed by atoms with Crippen LogP contribution in [0.4, 0.5) is 4.39 Å². The molecule has 1 aromatic carbocycles. The zero-order valence-electron chi connectivity index (χ0n) is 10.4. The molecule has 0 aliphatic carbocycles. The van der Waals surface area contributed by atoms with E-state index in [1.54, 1.807) is 0 Å². The maximum atomic E-state index is 13.2. The quantitative estimate of drug-likeness (QED) is 0.720. The lowest BCUT2D eigenvalue weighted by atomic mass is 10.1. The van der Waals surface area contributed by atoms with E-state index in [1.165, 1.54) is 20.1 Å². The minimum atomic E-state index is -1.44. The van der Waals surface area contributed by atoms with Crippen molar-refractivity contribution in [2.75, 3.05) is 7.11 Å². The number of nitrogens with one attached hydrogen (secondary N) is 1. The van der Waals surface area contributed by atoms with Gasteiger partial charge in [0.1, 0.15) is 0 Å². The van der Waals surface area contributed by atoms with E-state index >= 15 is 0 Å². The maximum Gasteiger partial charge on any atom is 0.328 e. The summed E-state index contributed by atoms with van der Waals surface area (Å²) in [5, 5.41) is 20.2. The summed E-state index contributed by atoms with van der Waals surface area (Å²) in [6.45, 7) is 1.24. The molecule has 0 spiro atoms. The van der Waals surface area contributed by atoms with Gasteiger partial charge in [-0.25, -0.2) is 9.18 Å². The third-order valence-electron chi connectivity index (χ3n) is 2.45. The van der Waals surface area contributed by atoms with Gasteiger partial charge in [0.15, 0.2) is 17.6 Å². The van der Waals surface area contributed by atoms with Gasteiger partial charge in [-0.2, -0.15) is 0 Å². The molecule has 0 unspecified atom stereocenters. The fourth-order valence-electron chi connectivity index (χ4n) is 1.41. The number of hydrogen-bond acceptors (Lipinski definition) is 4. The molecule has 0 heterocycles. The summed E-state index contributed by atoms with van der Waals surface area (Å²) in [5.41, 5.74) is 0.0325. The number of aliphatic carboxylic acids is 1. The van der Waals surface area contributed by atoms with Crippen LogP contribution in [0.5, 0.6) is 5.75 Å². The Morgan fingerprint density at radius 2 is 2.05 bits per heavy atom. The number of rotatable bonds is 5. The molecule has 0 aliphatic rings. The molecule has 1 amide bonds. The molecule has 19 heavy (non-hydrogen) atoms. The van der Waals surface area contributed by atoms with E-state index in [0.29, 0.717) is 0 Å². The van der Waals surface area contributed by atoms with Crippen molar-refractivity contribution in [2.45, 2.75) is 19.1 Å². The molecule has 0 saturated heterocycles. The Labute approximate surface area is 108 Å². The van der Waals surface area contributed by atoms with Crippen LogP contribution >= 0.6 is 0 Å². The van der Waals surface area contributed by atoms with Gasteiger partial charge in [0.2, 0.25) is 0 Å². The molecular formula is C12H14FNO5. The molecular weight excluding hydrogens is 257 g/mol. The van der Waals surface area contributed by atoms with E-state index in [9.17, 15) is 19.1 Å². The first-order valence-corrected chi connectivity index (χ1v) is 5.42. The van der Waals surface area contributed by atoms with Crippen LogP contribution in [0.25, 0.3) is 0 Å². The molecule has 0 fully saturated rings. The van der Waals surface area contributed by atoms with Crippen LogP contribution in [0, 0.1) is 5.82 Å². The van der Waals surface area contributed by atoms with Gasteiger partial charge >= 0.3 is 5.97 Å². The highest BCUT2D eigenvalue weighted by Crippen LogP contribution is 2.18. The largest absolute Gasteiger partial charge is 0.494 e. The molecule has 1 aromatic rings. The van der Waals surface area contributed by atoms with Gasteiger partial charge in [0, 0.05) is 5.56 Å². The van der Waals surface area contributed by atoms with Crippen molar-refractivity contribution >= 4 is 11.9 Å². The van der Waals surface area contributed by atoms with Crippen molar-refractivity contribution in [3.63, 3.8) is 0 Å². The lowest BCUT2D eigenvalue weighted by Gasteiger charge is -2.17. The third kappa shape index (κ3) is 3.65. The Kier molecular flexibility index (Phi) is 4.82. The van der Waals surface area contributed by atoms with Gasteiger partial charge in [-0.1, -0.05) is 0 Å². The Bertz CT molecular complexity index is 489. The van der Waals surface area contributed by atoms with Crippen molar-refractivity contribution in [2.24, 2.45) is 0 Å². The van der Waals surface area contributed by atoms with E-state index < -0.39 is 29.8 Å². The molecule has 0 aromatic heterocycles. The van der Waals surface area contributed by atoms with Crippen LogP contribution in [0.2, 0.25) is 0 Å². The third-order valence-corrected chi connectivity index (χ3v) is 2.45. The van der Waals surface area contributed by atoms with Gasteiger partial charge in [0.25, 0.3) is 5.91 Å². The number of carbonyl (C=O) groups is 2. The smallest absolute Gasteiger partial charge is 0.328 e. The zero-order chi connectivity index (χ0) is 14.6. The highest BCUT2D eigenvalue weighted by Gasteiger charge is 2.25. The van der Waals surface area contributed by atoms with Gasteiger partial charge in [-0.05, 0) is 25.1 Å². The second-order valence-corrected chi connectivity index (χ2v) is 3.88. The average molecular weight is 271 g/mol.